The molecule has 0 radical (unpaired) electrons. The Morgan fingerprint density at radius 3 is 2.81 bits per heavy atom. The third-order valence-electron chi connectivity index (χ3n) is 4.36. The molecule has 21 heavy (non-hydrogen) atoms. The van der Waals surface area contributed by atoms with Crippen molar-refractivity contribution in [3.8, 4) is 0 Å². The van der Waals surface area contributed by atoms with Crippen LogP contribution in [0, 0.1) is 5.92 Å². The molecule has 1 fully saturated rings. The van der Waals surface area contributed by atoms with Crippen LogP contribution in [0.4, 0.5) is 0 Å². The van der Waals surface area contributed by atoms with E-state index in [1.54, 1.807) is 0 Å². The number of aliphatic hydroxyl groups is 1. The maximum Gasteiger partial charge on any atom is 0.0434 e. The number of halogens is 1. The molecule has 1 aliphatic heterocycles. The van der Waals surface area contributed by atoms with Crippen LogP contribution in [-0.4, -0.2) is 42.8 Å². The average Bonchev–Trinajstić information content (AvgIpc) is 2.93. The average molecular weight is 311 g/mol. The van der Waals surface area contributed by atoms with Crippen molar-refractivity contribution in [1.82, 2.24) is 10.2 Å². The number of nitrogens with zero attached hydrogens (tertiary/aromatic N) is 1. The lowest BCUT2D eigenvalue weighted by Crippen LogP contribution is -2.28. The van der Waals surface area contributed by atoms with E-state index in [0.29, 0.717) is 18.6 Å². The quantitative estimate of drug-likeness (QED) is 0.774. The van der Waals surface area contributed by atoms with Crippen LogP contribution in [-0.2, 0) is 0 Å². The summed E-state index contributed by atoms with van der Waals surface area (Å²) in [5.74, 6) is 0.683. The molecule has 0 aromatic heterocycles. The summed E-state index contributed by atoms with van der Waals surface area (Å²) >= 11 is 5.97. The molecule has 2 rings (SSSR count). The summed E-state index contributed by atoms with van der Waals surface area (Å²) in [6, 6.07) is 8.56. The van der Waals surface area contributed by atoms with Crippen molar-refractivity contribution < 1.29 is 5.11 Å². The molecule has 1 aromatic carbocycles. The van der Waals surface area contributed by atoms with Crippen LogP contribution in [0.3, 0.4) is 0 Å². The Hall–Kier alpha value is -0.610. The van der Waals surface area contributed by atoms with E-state index < -0.39 is 0 Å². The fourth-order valence-electron chi connectivity index (χ4n) is 3.17. The van der Waals surface area contributed by atoms with Gasteiger partial charge in [-0.15, -0.1) is 0 Å². The van der Waals surface area contributed by atoms with Crippen LogP contribution < -0.4 is 5.32 Å². The van der Waals surface area contributed by atoms with Gasteiger partial charge in [0.2, 0.25) is 0 Å². The lowest BCUT2D eigenvalue weighted by Gasteiger charge is -2.22. The van der Waals surface area contributed by atoms with Crippen molar-refractivity contribution in [3.63, 3.8) is 0 Å². The van der Waals surface area contributed by atoms with Crippen LogP contribution in [0.5, 0.6) is 0 Å². The molecule has 1 aliphatic rings. The van der Waals surface area contributed by atoms with E-state index in [4.69, 9.17) is 16.7 Å². The van der Waals surface area contributed by atoms with E-state index in [1.807, 2.05) is 12.1 Å². The molecule has 118 valence electrons. The molecule has 0 bridgehead atoms. The van der Waals surface area contributed by atoms with Crippen LogP contribution in [0.2, 0.25) is 5.02 Å². The summed E-state index contributed by atoms with van der Waals surface area (Å²) in [6.45, 7) is 6.87. The van der Waals surface area contributed by atoms with Gasteiger partial charge >= 0.3 is 0 Å². The van der Waals surface area contributed by atoms with Crippen molar-refractivity contribution in [2.24, 2.45) is 5.92 Å². The fourth-order valence-corrected chi connectivity index (χ4v) is 3.30. The topological polar surface area (TPSA) is 35.5 Å². The zero-order chi connectivity index (χ0) is 15.1. The largest absolute Gasteiger partial charge is 0.396 e. The van der Waals surface area contributed by atoms with Gasteiger partial charge in [0.05, 0.1) is 0 Å². The highest BCUT2D eigenvalue weighted by molar-refractivity contribution is 6.30. The standard InChI is InChI=1S/C17H27ClN2O/c1-2-19-17(15-3-5-16(18)6-4-15)8-11-20-10-7-14(13-20)9-12-21/h3-6,14,17,19,21H,2,7-13H2,1H3. The summed E-state index contributed by atoms with van der Waals surface area (Å²) in [5, 5.41) is 13.4. The number of nitrogens with one attached hydrogen (secondary N) is 1. The van der Waals surface area contributed by atoms with Crippen molar-refractivity contribution in [1.29, 1.82) is 0 Å². The van der Waals surface area contributed by atoms with E-state index in [1.165, 1.54) is 18.5 Å². The number of hydrogen-bond donors (Lipinski definition) is 2. The van der Waals surface area contributed by atoms with Crippen LogP contribution in [0.1, 0.15) is 37.8 Å². The highest BCUT2D eigenvalue weighted by Crippen LogP contribution is 2.23. The number of aliphatic hydroxyl groups excluding tert-OH is 1. The Morgan fingerprint density at radius 1 is 1.38 bits per heavy atom. The van der Waals surface area contributed by atoms with E-state index in [9.17, 15) is 0 Å². The Bertz CT molecular complexity index is 410. The van der Waals surface area contributed by atoms with Crippen molar-refractivity contribution in [2.45, 2.75) is 32.2 Å². The second-order valence-electron chi connectivity index (χ2n) is 5.92. The molecule has 4 heteroatoms. The normalized spacial score (nSPS) is 20.8. The summed E-state index contributed by atoms with van der Waals surface area (Å²) in [6.07, 6.45) is 3.29. The van der Waals surface area contributed by atoms with Gasteiger partial charge in [0.1, 0.15) is 0 Å². The Morgan fingerprint density at radius 2 is 2.14 bits per heavy atom. The van der Waals surface area contributed by atoms with E-state index in [-0.39, 0.29) is 0 Å². The highest BCUT2D eigenvalue weighted by atomic mass is 35.5. The van der Waals surface area contributed by atoms with Crippen molar-refractivity contribution >= 4 is 11.6 Å². The summed E-state index contributed by atoms with van der Waals surface area (Å²) in [4.78, 5) is 2.53. The Kier molecular flexibility index (Phi) is 6.97. The molecule has 0 amide bonds. The second kappa shape index (κ2) is 8.74. The lowest BCUT2D eigenvalue weighted by molar-refractivity contribution is 0.248. The number of benzene rings is 1. The molecular formula is C17H27ClN2O. The predicted molar refractivity (Wildman–Crippen MR) is 88.7 cm³/mol. The molecule has 2 atom stereocenters. The van der Waals surface area contributed by atoms with E-state index in [2.05, 4.69) is 29.3 Å². The first-order chi connectivity index (χ1) is 10.2. The van der Waals surface area contributed by atoms with Gasteiger partial charge in [-0.2, -0.15) is 0 Å². The number of hydrogen-bond acceptors (Lipinski definition) is 3. The van der Waals surface area contributed by atoms with Gasteiger partial charge in [-0.25, -0.2) is 0 Å². The summed E-state index contributed by atoms with van der Waals surface area (Å²) in [5.41, 5.74) is 1.31. The van der Waals surface area contributed by atoms with Gasteiger partial charge in [-0.05, 0) is 62.5 Å². The molecule has 2 N–H and O–H groups in total. The number of rotatable bonds is 8. The van der Waals surface area contributed by atoms with Crippen LogP contribution in [0.15, 0.2) is 24.3 Å². The van der Waals surface area contributed by atoms with Gasteiger partial charge in [0, 0.05) is 24.2 Å². The summed E-state index contributed by atoms with van der Waals surface area (Å²) < 4.78 is 0. The minimum absolute atomic E-state index is 0.323. The van der Waals surface area contributed by atoms with E-state index in [0.717, 1.165) is 37.5 Å². The molecule has 0 spiro atoms. The monoisotopic (exact) mass is 310 g/mol. The highest BCUT2D eigenvalue weighted by Gasteiger charge is 2.22. The Labute approximate surface area is 133 Å². The number of likely N-dealkylation sites (tertiary alicyclic amines) is 1. The molecular weight excluding hydrogens is 284 g/mol. The molecule has 0 saturated carbocycles. The molecule has 1 heterocycles. The second-order valence-corrected chi connectivity index (χ2v) is 6.35. The molecule has 3 nitrogen and oxygen atoms in total. The van der Waals surface area contributed by atoms with Gasteiger partial charge in [0.15, 0.2) is 0 Å². The van der Waals surface area contributed by atoms with Gasteiger partial charge < -0.3 is 15.3 Å². The third-order valence-corrected chi connectivity index (χ3v) is 4.62. The maximum absolute atomic E-state index is 9.03. The lowest BCUT2D eigenvalue weighted by atomic mass is 10.0. The SMILES string of the molecule is CCNC(CCN1CCC(CCO)C1)c1ccc(Cl)cc1. The zero-order valence-electron chi connectivity index (χ0n) is 12.9. The zero-order valence-corrected chi connectivity index (χ0v) is 13.6. The summed E-state index contributed by atoms with van der Waals surface area (Å²) in [7, 11) is 0. The minimum Gasteiger partial charge on any atom is -0.396 e. The smallest absolute Gasteiger partial charge is 0.0434 e. The van der Waals surface area contributed by atoms with Crippen molar-refractivity contribution in [2.75, 3.05) is 32.8 Å². The third kappa shape index (κ3) is 5.26. The molecule has 2 unspecified atom stereocenters. The molecule has 1 aromatic rings. The van der Waals surface area contributed by atoms with Gasteiger partial charge in [0.25, 0.3) is 0 Å². The Balaban J connectivity index is 1.84. The van der Waals surface area contributed by atoms with Crippen molar-refractivity contribution in [3.05, 3.63) is 34.9 Å². The first-order valence-electron chi connectivity index (χ1n) is 8.05. The minimum atomic E-state index is 0.323. The predicted octanol–water partition coefficient (Wildman–Crippen LogP) is 3.09. The van der Waals surface area contributed by atoms with E-state index >= 15 is 0 Å². The molecule has 1 saturated heterocycles. The fraction of sp³-hybridized carbons (Fsp3) is 0.647. The maximum atomic E-state index is 9.03. The first-order valence-corrected chi connectivity index (χ1v) is 8.42. The van der Waals surface area contributed by atoms with Gasteiger partial charge in [-0.3, -0.25) is 0 Å². The van der Waals surface area contributed by atoms with Crippen LogP contribution >= 0.6 is 11.6 Å². The van der Waals surface area contributed by atoms with Gasteiger partial charge in [-0.1, -0.05) is 30.7 Å². The molecule has 0 aliphatic carbocycles. The van der Waals surface area contributed by atoms with Crippen LogP contribution in [0.25, 0.3) is 0 Å². The first kappa shape index (κ1) is 16.8.